The number of nitrogens with zero attached hydrogens (tertiary/aromatic N) is 1. The molecule has 0 saturated carbocycles. The van der Waals surface area contributed by atoms with Crippen molar-refractivity contribution in [3.05, 3.63) is 0 Å². The van der Waals surface area contributed by atoms with E-state index >= 15 is 0 Å². The van der Waals surface area contributed by atoms with Gasteiger partial charge in [-0.3, -0.25) is 4.90 Å². The van der Waals surface area contributed by atoms with E-state index in [1.807, 2.05) is 0 Å². The number of hydrogen-bond acceptors (Lipinski definition) is 5. The largest absolute Gasteiger partial charge is 0.383 e. The molecule has 0 fully saturated rings. The summed E-state index contributed by atoms with van der Waals surface area (Å²) in [5, 5.41) is 0. The molecule has 0 amide bonds. The maximum atomic E-state index is 10.9. The maximum absolute atomic E-state index is 10.9. The van der Waals surface area contributed by atoms with E-state index in [2.05, 4.69) is 4.90 Å². The monoisotopic (exact) mass is 238 g/mol. The third-order valence-corrected chi connectivity index (χ3v) is 3.08. The van der Waals surface area contributed by atoms with Crippen molar-refractivity contribution in [1.29, 1.82) is 0 Å². The van der Waals surface area contributed by atoms with E-state index in [0.29, 0.717) is 19.6 Å². The summed E-state index contributed by atoms with van der Waals surface area (Å²) in [5.41, 5.74) is 5.46. The third-order valence-electron chi connectivity index (χ3n) is 2.05. The summed E-state index contributed by atoms with van der Waals surface area (Å²) < 4.78 is 26.8. The predicted molar refractivity (Wildman–Crippen MR) is 61.7 cm³/mol. The molecule has 0 aliphatic rings. The molecule has 0 spiro atoms. The fourth-order valence-corrected chi connectivity index (χ4v) is 1.94. The standard InChI is InChI=1S/C9H22N2O3S/c1-14-8-7-11(6-4-10)5-3-9-15(2,12)13/h3-10H2,1-2H3. The molecule has 0 aromatic rings. The van der Waals surface area contributed by atoms with Crippen molar-refractivity contribution in [2.75, 3.05) is 51.9 Å². The molecular weight excluding hydrogens is 216 g/mol. The molecule has 5 nitrogen and oxygen atoms in total. The Kier molecular flexibility index (Phi) is 7.95. The van der Waals surface area contributed by atoms with Crippen LogP contribution in [-0.4, -0.2) is 65.2 Å². The molecule has 92 valence electrons. The van der Waals surface area contributed by atoms with Crippen molar-refractivity contribution in [3.63, 3.8) is 0 Å². The van der Waals surface area contributed by atoms with E-state index in [0.717, 1.165) is 19.6 Å². The van der Waals surface area contributed by atoms with Crippen LogP contribution in [0.3, 0.4) is 0 Å². The first-order chi connectivity index (χ1) is 6.99. The Balaban J connectivity index is 3.74. The van der Waals surface area contributed by atoms with E-state index in [9.17, 15) is 8.42 Å². The summed E-state index contributed by atoms with van der Waals surface area (Å²) in [5.74, 6) is 0.237. The van der Waals surface area contributed by atoms with Gasteiger partial charge in [0, 0.05) is 33.0 Å². The van der Waals surface area contributed by atoms with Gasteiger partial charge in [-0.25, -0.2) is 8.42 Å². The second kappa shape index (κ2) is 8.04. The van der Waals surface area contributed by atoms with Gasteiger partial charge in [0.05, 0.1) is 12.4 Å². The second-order valence-electron chi connectivity index (χ2n) is 3.61. The molecule has 0 rings (SSSR count). The van der Waals surface area contributed by atoms with Gasteiger partial charge in [0.25, 0.3) is 0 Å². The summed E-state index contributed by atoms with van der Waals surface area (Å²) in [7, 11) is -1.19. The van der Waals surface area contributed by atoms with E-state index in [1.165, 1.54) is 6.26 Å². The molecular formula is C9H22N2O3S. The van der Waals surface area contributed by atoms with Gasteiger partial charge in [-0.05, 0) is 13.0 Å². The van der Waals surface area contributed by atoms with Crippen molar-refractivity contribution in [2.24, 2.45) is 5.73 Å². The van der Waals surface area contributed by atoms with Crippen LogP contribution in [0.2, 0.25) is 0 Å². The predicted octanol–water partition coefficient (Wildman–Crippen LogP) is -0.672. The number of rotatable bonds is 9. The van der Waals surface area contributed by atoms with Gasteiger partial charge in [0.15, 0.2) is 0 Å². The quantitative estimate of drug-likeness (QED) is 0.576. The molecule has 15 heavy (non-hydrogen) atoms. The minimum atomic E-state index is -2.84. The second-order valence-corrected chi connectivity index (χ2v) is 5.87. The van der Waals surface area contributed by atoms with E-state index < -0.39 is 9.84 Å². The average Bonchev–Trinajstić information content (AvgIpc) is 2.12. The lowest BCUT2D eigenvalue weighted by molar-refractivity contribution is 0.149. The molecule has 0 bridgehead atoms. The number of ether oxygens (including phenoxy) is 1. The van der Waals surface area contributed by atoms with E-state index in [4.69, 9.17) is 10.5 Å². The van der Waals surface area contributed by atoms with Crippen LogP contribution in [-0.2, 0) is 14.6 Å². The Labute approximate surface area is 92.5 Å². The molecule has 0 atom stereocenters. The van der Waals surface area contributed by atoms with Crippen LogP contribution in [0.4, 0.5) is 0 Å². The van der Waals surface area contributed by atoms with Crippen LogP contribution in [0.1, 0.15) is 6.42 Å². The lowest BCUT2D eigenvalue weighted by Gasteiger charge is -2.20. The Morgan fingerprint density at radius 2 is 1.93 bits per heavy atom. The molecule has 0 saturated heterocycles. The van der Waals surface area contributed by atoms with Crippen LogP contribution in [0.25, 0.3) is 0 Å². The van der Waals surface area contributed by atoms with Crippen molar-refractivity contribution in [2.45, 2.75) is 6.42 Å². The Morgan fingerprint density at radius 3 is 2.40 bits per heavy atom. The smallest absolute Gasteiger partial charge is 0.147 e. The van der Waals surface area contributed by atoms with Crippen LogP contribution in [0.15, 0.2) is 0 Å². The molecule has 0 heterocycles. The molecule has 0 aliphatic heterocycles. The summed E-state index contributed by atoms with van der Waals surface area (Å²) in [6, 6.07) is 0. The summed E-state index contributed by atoms with van der Waals surface area (Å²) >= 11 is 0. The van der Waals surface area contributed by atoms with E-state index in [1.54, 1.807) is 7.11 Å². The van der Waals surface area contributed by atoms with Crippen LogP contribution in [0.5, 0.6) is 0 Å². The van der Waals surface area contributed by atoms with Gasteiger partial charge < -0.3 is 10.5 Å². The van der Waals surface area contributed by atoms with Crippen LogP contribution < -0.4 is 5.73 Å². The van der Waals surface area contributed by atoms with Gasteiger partial charge >= 0.3 is 0 Å². The zero-order chi connectivity index (χ0) is 11.7. The molecule has 0 unspecified atom stereocenters. The highest BCUT2D eigenvalue weighted by atomic mass is 32.2. The van der Waals surface area contributed by atoms with Crippen molar-refractivity contribution < 1.29 is 13.2 Å². The summed E-state index contributed by atoms with van der Waals surface area (Å²) in [4.78, 5) is 2.12. The highest BCUT2D eigenvalue weighted by Crippen LogP contribution is 1.94. The lowest BCUT2D eigenvalue weighted by atomic mass is 10.4. The number of nitrogens with two attached hydrogens (primary N) is 1. The first-order valence-corrected chi connectivity index (χ1v) is 7.14. The highest BCUT2D eigenvalue weighted by molar-refractivity contribution is 7.90. The summed E-state index contributed by atoms with van der Waals surface area (Å²) in [6.45, 7) is 3.58. The van der Waals surface area contributed by atoms with Gasteiger partial charge in [0.2, 0.25) is 0 Å². The summed E-state index contributed by atoms with van der Waals surface area (Å²) in [6.07, 6.45) is 1.91. The van der Waals surface area contributed by atoms with Gasteiger partial charge in [0.1, 0.15) is 9.84 Å². The third kappa shape index (κ3) is 10.1. The zero-order valence-electron chi connectivity index (χ0n) is 9.61. The normalized spacial score (nSPS) is 12.3. The number of sulfone groups is 1. The SMILES string of the molecule is COCCN(CCN)CCCS(C)(=O)=O. The maximum Gasteiger partial charge on any atom is 0.147 e. The molecule has 0 aromatic heterocycles. The number of methoxy groups -OCH3 is 1. The molecule has 0 radical (unpaired) electrons. The molecule has 6 heteroatoms. The first kappa shape index (κ1) is 14.8. The minimum absolute atomic E-state index is 0.237. The first-order valence-electron chi connectivity index (χ1n) is 5.08. The average molecular weight is 238 g/mol. The Bertz CT molecular complexity index is 242. The van der Waals surface area contributed by atoms with Crippen LogP contribution in [0, 0.1) is 0 Å². The van der Waals surface area contributed by atoms with Crippen LogP contribution >= 0.6 is 0 Å². The minimum Gasteiger partial charge on any atom is -0.383 e. The topological polar surface area (TPSA) is 72.6 Å². The van der Waals surface area contributed by atoms with Gasteiger partial charge in [-0.2, -0.15) is 0 Å². The fraction of sp³-hybridized carbons (Fsp3) is 1.00. The molecule has 0 aliphatic carbocycles. The van der Waals surface area contributed by atoms with Crippen molar-refractivity contribution >= 4 is 9.84 Å². The lowest BCUT2D eigenvalue weighted by Crippen LogP contribution is -2.34. The molecule has 0 aromatic carbocycles. The highest BCUT2D eigenvalue weighted by Gasteiger charge is 2.06. The van der Waals surface area contributed by atoms with E-state index in [-0.39, 0.29) is 5.75 Å². The van der Waals surface area contributed by atoms with Gasteiger partial charge in [-0.1, -0.05) is 0 Å². The Morgan fingerprint density at radius 1 is 1.27 bits per heavy atom. The van der Waals surface area contributed by atoms with Crippen molar-refractivity contribution in [1.82, 2.24) is 4.90 Å². The fourth-order valence-electron chi connectivity index (χ4n) is 1.29. The zero-order valence-corrected chi connectivity index (χ0v) is 10.4. The van der Waals surface area contributed by atoms with Gasteiger partial charge in [-0.15, -0.1) is 0 Å². The number of hydrogen-bond donors (Lipinski definition) is 1. The Hall–Kier alpha value is -0.170. The van der Waals surface area contributed by atoms with Crippen molar-refractivity contribution in [3.8, 4) is 0 Å². The molecule has 2 N–H and O–H groups in total.